The molecule has 2 aromatic rings. The van der Waals surface area contributed by atoms with E-state index in [2.05, 4.69) is 15.6 Å². The number of amides is 1. The number of carbonyl (C=O) groups is 1. The fourth-order valence-corrected chi connectivity index (χ4v) is 2.14. The maximum Gasteiger partial charge on any atom is 0.228 e. The van der Waals surface area contributed by atoms with E-state index in [9.17, 15) is 4.79 Å². The van der Waals surface area contributed by atoms with E-state index >= 15 is 0 Å². The molecule has 96 valence electrons. The van der Waals surface area contributed by atoms with Gasteiger partial charge in [0.25, 0.3) is 0 Å². The molecule has 0 fully saturated rings. The Kier molecular flexibility index (Phi) is 2.76. The fourth-order valence-electron chi connectivity index (χ4n) is 1.99. The van der Waals surface area contributed by atoms with Gasteiger partial charge in [0, 0.05) is 11.4 Å². The molecule has 1 aromatic heterocycles. The standard InChI is InChI=1S/C13H11ClN4O/c14-11-4-2-9(15)13(18-11)16-8-1-3-10-7(5-8)6-12(19)17-10/h1-5H,6,15H2,(H,16,18)(H,17,19). The molecular formula is C13H11ClN4O. The summed E-state index contributed by atoms with van der Waals surface area (Å²) in [7, 11) is 0. The van der Waals surface area contributed by atoms with Crippen molar-refractivity contribution in [1.82, 2.24) is 4.98 Å². The largest absolute Gasteiger partial charge is 0.396 e. The van der Waals surface area contributed by atoms with E-state index in [1.807, 2.05) is 18.2 Å². The van der Waals surface area contributed by atoms with Crippen LogP contribution in [-0.4, -0.2) is 10.9 Å². The molecule has 1 amide bonds. The third-order valence-corrected chi connectivity index (χ3v) is 3.10. The highest BCUT2D eigenvalue weighted by molar-refractivity contribution is 6.29. The zero-order valence-electron chi connectivity index (χ0n) is 9.90. The molecule has 2 heterocycles. The van der Waals surface area contributed by atoms with Gasteiger partial charge < -0.3 is 16.4 Å². The summed E-state index contributed by atoms with van der Waals surface area (Å²) < 4.78 is 0. The number of benzene rings is 1. The quantitative estimate of drug-likeness (QED) is 0.735. The van der Waals surface area contributed by atoms with Crippen LogP contribution in [0, 0.1) is 0 Å². The van der Waals surface area contributed by atoms with Gasteiger partial charge in [-0.25, -0.2) is 4.98 Å². The molecule has 0 atom stereocenters. The number of hydrogen-bond acceptors (Lipinski definition) is 4. The minimum absolute atomic E-state index is 0.00699. The number of nitrogens with two attached hydrogens (primary N) is 1. The van der Waals surface area contributed by atoms with Crippen molar-refractivity contribution in [3.8, 4) is 0 Å². The lowest BCUT2D eigenvalue weighted by atomic mass is 10.1. The number of hydrogen-bond donors (Lipinski definition) is 3. The van der Waals surface area contributed by atoms with Gasteiger partial charge in [-0.2, -0.15) is 0 Å². The number of nitrogen functional groups attached to an aromatic ring is 1. The van der Waals surface area contributed by atoms with Crippen LogP contribution in [0.3, 0.4) is 0 Å². The summed E-state index contributed by atoms with van der Waals surface area (Å²) in [4.78, 5) is 15.4. The third kappa shape index (κ3) is 2.32. The van der Waals surface area contributed by atoms with Gasteiger partial charge in [-0.05, 0) is 35.9 Å². The van der Waals surface area contributed by atoms with Gasteiger partial charge >= 0.3 is 0 Å². The first-order valence-corrected chi connectivity index (χ1v) is 6.11. The summed E-state index contributed by atoms with van der Waals surface area (Å²) >= 11 is 5.83. The van der Waals surface area contributed by atoms with Crippen LogP contribution in [0.15, 0.2) is 30.3 Å². The SMILES string of the molecule is Nc1ccc(Cl)nc1Nc1ccc2c(c1)CC(=O)N2. The summed E-state index contributed by atoms with van der Waals surface area (Å²) in [6.07, 6.45) is 0.392. The number of fused-ring (bicyclic) bond motifs is 1. The first-order chi connectivity index (χ1) is 9.11. The number of pyridine rings is 1. The van der Waals surface area contributed by atoms with Crippen LogP contribution in [0.1, 0.15) is 5.56 Å². The van der Waals surface area contributed by atoms with Crippen molar-refractivity contribution in [2.45, 2.75) is 6.42 Å². The van der Waals surface area contributed by atoms with Gasteiger partial charge in [0.05, 0.1) is 12.1 Å². The van der Waals surface area contributed by atoms with Gasteiger partial charge in [-0.1, -0.05) is 11.6 Å². The number of carbonyl (C=O) groups excluding carboxylic acids is 1. The van der Waals surface area contributed by atoms with E-state index in [1.54, 1.807) is 12.1 Å². The van der Waals surface area contributed by atoms with Crippen molar-refractivity contribution >= 4 is 40.4 Å². The molecule has 0 aliphatic carbocycles. The average Bonchev–Trinajstić information content (AvgIpc) is 2.73. The highest BCUT2D eigenvalue weighted by atomic mass is 35.5. The van der Waals surface area contributed by atoms with Crippen molar-refractivity contribution < 1.29 is 4.79 Å². The van der Waals surface area contributed by atoms with Crippen LogP contribution >= 0.6 is 11.6 Å². The average molecular weight is 275 g/mol. The Morgan fingerprint density at radius 1 is 1.32 bits per heavy atom. The maximum atomic E-state index is 11.3. The predicted molar refractivity (Wildman–Crippen MR) is 75.7 cm³/mol. The molecule has 1 aromatic carbocycles. The molecule has 0 spiro atoms. The normalized spacial score (nSPS) is 13.0. The zero-order valence-corrected chi connectivity index (χ0v) is 10.7. The summed E-state index contributed by atoms with van der Waals surface area (Å²) in [5.41, 5.74) is 8.96. The number of nitrogens with zero attached hydrogens (tertiary/aromatic N) is 1. The number of nitrogens with one attached hydrogen (secondary N) is 2. The van der Waals surface area contributed by atoms with Crippen LogP contribution in [0.5, 0.6) is 0 Å². The lowest BCUT2D eigenvalue weighted by molar-refractivity contribution is -0.115. The Morgan fingerprint density at radius 3 is 3.00 bits per heavy atom. The Labute approximate surface area is 114 Å². The molecule has 0 radical (unpaired) electrons. The molecule has 0 saturated carbocycles. The molecule has 0 unspecified atom stereocenters. The Hall–Kier alpha value is -2.27. The number of rotatable bonds is 2. The first-order valence-electron chi connectivity index (χ1n) is 5.73. The number of halogens is 1. The van der Waals surface area contributed by atoms with Gasteiger partial charge in [-0.3, -0.25) is 4.79 Å². The minimum atomic E-state index is 0.00699. The van der Waals surface area contributed by atoms with E-state index in [1.165, 1.54) is 0 Å². The number of anilines is 4. The topological polar surface area (TPSA) is 80.0 Å². The molecular weight excluding hydrogens is 264 g/mol. The molecule has 1 aliphatic heterocycles. The van der Waals surface area contributed by atoms with Gasteiger partial charge in [0.15, 0.2) is 5.82 Å². The highest BCUT2D eigenvalue weighted by Crippen LogP contribution is 2.29. The van der Waals surface area contributed by atoms with E-state index < -0.39 is 0 Å². The van der Waals surface area contributed by atoms with Gasteiger partial charge in [0.2, 0.25) is 5.91 Å². The van der Waals surface area contributed by atoms with Crippen molar-refractivity contribution in [3.63, 3.8) is 0 Å². The molecule has 0 saturated heterocycles. The maximum absolute atomic E-state index is 11.3. The van der Waals surface area contributed by atoms with E-state index in [0.717, 1.165) is 16.9 Å². The van der Waals surface area contributed by atoms with Crippen LogP contribution < -0.4 is 16.4 Å². The van der Waals surface area contributed by atoms with Crippen LogP contribution in [0.4, 0.5) is 22.9 Å². The van der Waals surface area contributed by atoms with Crippen LogP contribution in [0.25, 0.3) is 0 Å². The highest BCUT2D eigenvalue weighted by Gasteiger charge is 2.17. The summed E-state index contributed by atoms with van der Waals surface area (Å²) in [6.45, 7) is 0. The Bertz CT molecular complexity index is 672. The van der Waals surface area contributed by atoms with E-state index in [4.69, 9.17) is 17.3 Å². The van der Waals surface area contributed by atoms with Gasteiger partial charge in [0.1, 0.15) is 5.15 Å². The predicted octanol–water partition coefficient (Wildman–Crippen LogP) is 2.56. The second kappa shape index (κ2) is 4.44. The zero-order chi connectivity index (χ0) is 13.4. The second-order valence-corrected chi connectivity index (χ2v) is 4.68. The molecule has 5 nitrogen and oxygen atoms in total. The first kappa shape index (κ1) is 11.8. The molecule has 0 bridgehead atoms. The molecule has 19 heavy (non-hydrogen) atoms. The Balaban J connectivity index is 1.90. The minimum Gasteiger partial charge on any atom is -0.396 e. The van der Waals surface area contributed by atoms with E-state index in [-0.39, 0.29) is 5.91 Å². The molecule has 6 heteroatoms. The van der Waals surface area contributed by atoms with Crippen molar-refractivity contribution in [1.29, 1.82) is 0 Å². The second-order valence-electron chi connectivity index (χ2n) is 4.29. The Morgan fingerprint density at radius 2 is 2.16 bits per heavy atom. The van der Waals surface area contributed by atoms with Crippen molar-refractivity contribution in [3.05, 3.63) is 41.0 Å². The lowest BCUT2D eigenvalue weighted by Crippen LogP contribution is -2.03. The van der Waals surface area contributed by atoms with Crippen molar-refractivity contribution in [2.24, 2.45) is 0 Å². The lowest BCUT2D eigenvalue weighted by Gasteiger charge is -2.09. The number of aromatic nitrogens is 1. The monoisotopic (exact) mass is 274 g/mol. The van der Waals surface area contributed by atoms with Crippen molar-refractivity contribution in [2.75, 3.05) is 16.4 Å². The molecule has 4 N–H and O–H groups in total. The summed E-state index contributed by atoms with van der Waals surface area (Å²) in [5.74, 6) is 0.511. The smallest absolute Gasteiger partial charge is 0.228 e. The van der Waals surface area contributed by atoms with Crippen LogP contribution in [0.2, 0.25) is 5.15 Å². The van der Waals surface area contributed by atoms with Crippen LogP contribution in [-0.2, 0) is 11.2 Å². The van der Waals surface area contributed by atoms with E-state index in [0.29, 0.717) is 23.1 Å². The summed E-state index contributed by atoms with van der Waals surface area (Å²) in [6, 6.07) is 8.93. The fraction of sp³-hybridized carbons (Fsp3) is 0.0769. The molecule has 3 rings (SSSR count). The summed E-state index contributed by atoms with van der Waals surface area (Å²) in [5, 5.41) is 6.25. The third-order valence-electron chi connectivity index (χ3n) is 2.89. The molecule has 1 aliphatic rings. The van der Waals surface area contributed by atoms with Gasteiger partial charge in [-0.15, -0.1) is 0 Å².